The normalized spacial score (nSPS) is 10.8. The van der Waals surface area contributed by atoms with Crippen LogP contribution in [0, 0.1) is 19.7 Å². The van der Waals surface area contributed by atoms with Crippen LogP contribution in [0.2, 0.25) is 0 Å². The zero-order chi connectivity index (χ0) is 27.9. The third-order valence-corrected chi connectivity index (χ3v) is 5.09. The Bertz CT molecular complexity index is 1350. The van der Waals surface area contributed by atoms with Gasteiger partial charge in [0, 0.05) is 24.4 Å². The second-order valence-electron chi connectivity index (χ2n) is 7.71. The maximum Gasteiger partial charge on any atom is 0.490 e. The number of nitrogens with two attached hydrogens (primary N) is 1. The second-order valence-corrected chi connectivity index (χ2v) is 7.71. The summed E-state index contributed by atoms with van der Waals surface area (Å²) in [6, 6.07) is 12.5. The van der Waals surface area contributed by atoms with Gasteiger partial charge in [0.05, 0.1) is 18.4 Å². The Morgan fingerprint density at radius 2 is 1.68 bits per heavy atom. The number of pyridine rings is 1. The Labute approximate surface area is 208 Å². The van der Waals surface area contributed by atoms with Gasteiger partial charge in [-0.05, 0) is 54.8 Å². The van der Waals surface area contributed by atoms with Crippen LogP contribution in [0.25, 0.3) is 5.69 Å². The van der Waals surface area contributed by atoms with E-state index in [0.29, 0.717) is 28.3 Å². The zero-order valence-electron chi connectivity index (χ0n) is 20.1. The molecule has 37 heavy (non-hydrogen) atoms. The summed E-state index contributed by atoms with van der Waals surface area (Å²) in [6.07, 6.45) is -5.08. The number of carbonyl (C=O) groups is 2. The Balaban J connectivity index is 0.000000604. The van der Waals surface area contributed by atoms with Crippen molar-refractivity contribution in [1.82, 2.24) is 4.57 Å². The van der Waals surface area contributed by atoms with Crippen LogP contribution in [0.15, 0.2) is 53.3 Å². The summed E-state index contributed by atoms with van der Waals surface area (Å²) in [5.74, 6) is -3.20. The predicted molar refractivity (Wildman–Crippen MR) is 125 cm³/mol. The first-order chi connectivity index (χ1) is 17.3. The van der Waals surface area contributed by atoms with Crippen molar-refractivity contribution in [3.63, 3.8) is 0 Å². The summed E-state index contributed by atoms with van der Waals surface area (Å²) in [5.41, 5.74) is 9.20. The maximum absolute atomic E-state index is 13.4. The molecule has 2 aromatic carbocycles. The van der Waals surface area contributed by atoms with Crippen molar-refractivity contribution in [2.45, 2.75) is 33.2 Å². The van der Waals surface area contributed by atoms with E-state index in [9.17, 15) is 27.2 Å². The number of halogens is 4. The van der Waals surface area contributed by atoms with E-state index in [4.69, 9.17) is 25.1 Å². The molecule has 0 fully saturated rings. The standard InChI is InChI=1S/C23H23FN2O4.C2HF3O2/c1-14-4-5-16(23(28)29-3)10-21(14)26-15(2)8-20(11-22(26)27)30-13-17-6-7-19(24)9-18(17)12-25;3-2(4,5)1(6)7/h4-11H,12-13,25H2,1-3H3;(H,6,7). The van der Waals surface area contributed by atoms with Gasteiger partial charge in [-0.1, -0.05) is 12.1 Å². The molecule has 0 saturated heterocycles. The summed E-state index contributed by atoms with van der Waals surface area (Å²) in [5, 5.41) is 7.12. The first-order valence-corrected chi connectivity index (χ1v) is 10.6. The molecule has 0 atom stereocenters. The van der Waals surface area contributed by atoms with Gasteiger partial charge >= 0.3 is 18.1 Å². The van der Waals surface area contributed by atoms with Gasteiger partial charge in [-0.25, -0.2) is 14.0 Å². The Morgan fingerprint density at radius 3 is 2.22 bits per heavy atom. The average Bonchev–Trinajstić information content (AvgIpc) is 2.83. The number of esters is 1. The van der Waals surface area contributed by atoms with Crippen LogP contribution < -0.4 is 16.0 Å². The van der Waals surface area contributed by atoms with Crippen LogP contribution in [-0.4, -0.2) is 34.9 Å². The molecule has 0 unspecified atom stereocenters. The smallest absolute Gasteiger partial charge is 0.489 e. The van der Waals surface area contributed by atoms with E-state index < -0.39 is 18.1 Å². The van der Waals surface area contributed by atoms with E-state index in [1.54, 1.807) is 37.3 Å². The van der Waals surface area contributed by atoms with Crippen LogP contribution in [-0.2, 0) is 22.7 Å². The van der Waals surface area contributed by atoms with Gasteiger partial charge in [0.25, 0.3) is 5.56 Å². The molecule has 8 nitrogen and oxygen atoms in total. The Hall–Kier alpha value is -4.19. The van der Waals surface area contributed by atoms with Crippen molar-refractivity contribution in [2.24, 2.45) is 5.73 Å². The molecule has 0 saturated carbocycles. The number of benzene rings is 2. The van der Waals surface area contributed by atoms with Crippen LogP contribution in [0.1, 0.15) is 32.7 Å². The SMILES string of the molecule is COC(=O)c1ccc(C)c(-n2c(C)cc(OCc3ccc(F)cc3CN)cc2=O)c1.O=C(O)C(F)(F)F. The van der Waals surface area contributed by atoms with E-state index in [1.165, 1.54) is 29.9 Å². The minimum atomic E-state index is -5.08. The fourth-order valence-corrected chi connectivity index (χ4v) is 3.25. The highest BCUT2D eigenvalue weighted by molar-refractivity contribution is 5.90. The molecule has 3 N–H and O–H groups in total. The van der Waals surface area contributed by atoms with Gasteiger partial charge in [-0.15, -0.1) is 0 Å². The number of nitrogens with zero attached hydrogens (tertiary/aromatic N) is 1. The zero-order valence-corrected chi connectivity index (χ0v) is 20.1. The summed E-state index contributed by atoms with van der Waals surface area (Å²) in [4.78, 5) is 33.6. The number of carboxylic acids is 1. The number of aryl methyl sites for hydroxylation is 2. The predicted octanol–water partition coefficient (Wildman–Crippen LogP) is 4.05. The number of hydrogen-bond donors (Lipinski definition) is 2. The molecule has 0 radical (unpaired) electrons. The summed E-state index contributed by atoms with van der Waals surface area (Å²) in [6.45, 7) is 3.98. The van der Waals surface area contributed by atoms with Crippen molar-refractivity contribution < 1.29 is 41.7 Å². The summed E-state index contributed by atoms with van der Waals surface area (Å²) >= 11 is 0. The first-order valence-electron chi connectivity index (χ1n) is 10.6. The number of rotatable bonds is 6. The van der Waals surface area contributed by atoms with Gasteiger partial charge in [-0.2, -0.15) is 13.2 Å². The fraction of sp³-hybridized carbons (Fsp3) is 0.240. The summed E-state index contributed by atoms with van der Waals surface area (Å²) in [7, 11) is 1.31. The highest BCUT2D eigenvalue weighted by atomic mass is 19.4. The van der Waals surface area contributed by atoms with E-state index in [2.05, 4.69) is 0 Å². The monoisotopic (exact) mass is 524 g/mol. The number of carboxylic acid groups (broad SMARTS) is 1. The molecule has 0 bridgehead atoms. The van der Waals surface area contributed by atoms with Gasteiger partial charge in [0.2, 0.25) is 0 Å². The van der Waals surface area contributed by atoms with Crippen LogP contribution in [0.4, 0.5) is 17.6 Å². The Kier molecular flexibility index (Phi) is 9.55. The molecular formula is C25H24F4N2O6. The largest absolute Gasteiger partial charge is 0.490 e. The lowest BCUT2D eigenvalue weighted by molar-refractivity contribution is -0.192. The molecule has 3 aromatic rings. The number of carbonyl (C=O) groups excluding carboxylic acids is 1. The lowest BCUT2D eigenvalue weighted by atomic mass is 10.1. The molecule has 0 aliphatic rings. The van der Waals surface area contributed by atoms with E-state index in [1.807, 2.05) is 6.92 Å². The molecule has 12 heteroatoms. The average molecular weight is 524 g/mol. The number of alkyl halides is 3. The number of methoxy groups -OCH3 is 1. The molecule has 0 aliphatic carbocycles. The van der Waals surface area contributed by atoms with E-state index in [-0.39, 0.29) is 24.5 Å². The maximum atomic E-state index is 13.4. The number of aromatic nitrogens is 1. The van der Waals surface area contributed by atoms with E-state index in [0.717, 1.165) is 11.1 Å². The molecule has 0 amide bonds. The van der Waals surface area contributed by atoms with Gasteiger partial charge in [-0.3, -0.25) is 9.36 Å². The quantitative estimate of drug-likeness (QED) is 0.369. The van der Waals surface area contributed by atoms with Crippen molar-refractivity contribution >= 4 is 11.9 Å². The highest BCUT2D eigenvalue weighted by Crippen LogP contribution is 2.21. The highest BCUT2D eigenvalue weighted by Gasteiger charge is 2.38. The third kappa shape index (κ3) is 7.64. The summed E-state index contributed by atoms with van der Waals surface area (Å²) < 4.78 is 57.2. The lowest BCUT2D eigenvalue weighted by Crippen LogP contribution is -2.21. The second kappa shape index (κ2) is 12.2. The Morgan fingerprint density at radius 1 is 1.03 bits per heavy atom. The van der Waals surface area contributed by atoms with Crippen molar-refractivity contribution in [2.75, 3.05) is 7.11 Å². The van der Waals surface area contributed by atoms with Gasteiger partial charge < -0.3 is 20.3 Å². The van der Waals surface area contributed by atoms with Crippen LogP contribution in [0.3, 0.4) is 0 Å². The van der Waals surface area contributed by atoms with Crippen molar-refractivity contribution in [1.29, 1.82) is 0 Å². The molecule has 198 valence electrons. The fourth-order valence-electron chi connectivity index (χ4n) is 3.25. The topological polar surface area (TPSA) is 121 Å². The minimum Gasteiger partial charge on any atom is -0.489 e. The van der Waals surface area contributed by atoms with Crippen molar-refractivity contribution in [3.05, 3.63) is 92.6 Å². The lowest BCUT2D eigenvalue weighted by Gasteiger charge is -2.16. The molecule has 0 spiro atoms. The number of ether oxygens (including phenoxy) is 2. The minimum absolute atomic E-state index is 0.159. The van der Waals surface area contributed by atoms with E-state index >= 15 is 0 Å². The third-order valence-electron chi connectivity index (χ3n) is 5.09. The van der Waals surface area contributed by atoms with Crippen molar-refractivity contribution in [3.8, 4) is 11.4 Å². The van der Waals surface area contributed by atoms with Crippen LogP contribution >= 0.6 is 0 Å². The van der Waals surface area contributed by atoms with Crippen LogP contribution in [0.5, 0.6) is 5.75 Å². The van der Waals surface area contributed by atoms with Gasteiger partial charge in [0.1, 0.15) is 18.2 Å². The molecule has 0 aliphatic heterocycles. The number of aliphatic carboxylic acids is 1. The molecule has 3 rings (SSSR count). The first kappa shape index (κ1) is 29.0. The molecule has 1 aromatic heterocycles. The molecule has 1 heterocycles. The number of hydrogen-bond acceptors (Lipinski definition) is 6. The van der Waals surface area contributed by atoms with Gasteiger partial charge in [0.15, 0.2) is 0 Å². The molecular weight excluding hydrogens is 500 g/mol.